The first-order valence-corrected chi connectivity index (χ1v) is 9.47. The Morgan fingerprint density at radius 1 is 1.04 bits per heavy atom. The molecule has 1 N–H and O–H groups in total. The molecule has 1 fully saturated rings. The number of methoxy groups -OCH3 is 2. The van der Waals surface area contributed by atoms with E-state index in [0.717, 1.165) is 29.9 Å². The summed E-state index contributed by atoms with van der Waals surface area (Å²) >= 11 is 0. The standard InChI is InChI=1S/C22H28N2O3/c1-16-14-18(24-12-4-5-13-24)8-9-19(16)23-22(25)11-7-17-6-10-20(26-2)21(15-17)27-3/h6,8-10,14-15H,4-5,7,11-13H2,1-3H3,(H,23,25). The Kier molecular flexibility index (Phi) is 6.22. The van der Waals surface area contributed by atoms with Crippen LogP contribution in [0.5, 0.6) is 11.5 Å². The number of nitrogens with zero attached hydrogens (tertiary/aromatic N) is 1. The minimum Gasteiger partial charge on any atom is -0.493 e. The van der Waals surface area contributed by atoms with E-state index in [2.05, 4.69) is 22.3 Å². The maximum atomic E-state index is 12.4. The highest BCUT2D eigenvalue weighted by atomic mass is 16.5. The van der Waals surface area contributed by atoms with Gasteiger partial charge < -0.3 is 19.7 Å². The van der Waals surface area contributed by atoms with Crippen LogP contribution in [0.1, 0.15) is 30.4 Å². The molecule has 1 aliphatic heterocycles. The Hall–Kier alpha value is -2.69. The number of carbonyl (C=O) groups is 1. The van der Waals surface area contributed by atoms with Gasteiger partial charge in [0, 0.05) is 30.9 Å². The molecule has 0 bridgehead atoms. The van der Waals surface area contributed by atoms with Crippen LogP contribution in [0.3, 0.4) is 0 Å². The lowest BCUT2D eigenvalue weighted by Gasteiger charge is -2.19. The highest BCUT2D eigenvalue weighted by Crippen LogP contribution is 2.28. The van der Waals surface area contributed by atoms with Gasteiger partial charge in [-0.05, 0) is 67.6 Å². The number of carbonyl (C=O) groups excluding carboxylic acids is 1. The van der Waals surface area contributed by atoms with Crippen LogP contribution in [-0.4, -0.2) is 33.2 Å². The second kappa shape index (κ2) is 8.80. The first-order valence-electron chi connectivity index (χ1n) is 9.47. The van der Waals surface area contributed by atoms with Gasteiger partial charge in [-0.15, -0.1) is 0 Å². The van der Waals surface area contributed by atoms with Crippen molar-refractivity contribution < 1.29 is 14.3 Å². The molecule has 0 aliphatic carbocycles. The van der Waals surface area contributed by atoms with E-state index < -0.39 is 0 Å². The van der Waals surface area contributed by atoms with Crippen molar-refractivity contribution in [1.82, 2.24) is 0 Å². The number of rotatable bonds is 7. The maximum absolute atomic E-state index is 12.4. The van der Waals surface area contributed by atoms with E-state index in [4.69, 9.17) is 9.47 Å². The van der Waals surface area contributed by atoms with Crippen LogP contribution in [0.4, 0.5) is 11.4 Å². The Balaban J connectivity index is 1.57. The zero-order valence-corrected chi connectivity index (χ0v) is 16.4. The normalized spacial score (nSPS) is 13.5. The third-order valence-corrected chi connectivity index (χ3v) is 5.04. The molecule has 144 valence electrons. The first kappa shape index (κ1) is 19.1. The summed E-state index contributed by atoms with van der Waals surface area (Å²) in [4.78, 5) is 14.8. The van der Waals surface area contributed by atoms with Crippen molar-refractivity contribution in [3.63, 3.8) is 0 Å². The van der Waals surface area contributed by atoms with Crippen molar-refractivity contribution >= 4 is 17.3 Å². The molecule has 0 aromatic heterocycles. The minimum absolute atomic E-state index is 0.0156. The van der Waals surface area contributed by atoms with E-state index >= 15 is 0 Å². The summed E-state index contributed by atoms with van der Waals surface area (Å²) in [6, 6.07) is 12.0. The lowest BCUT2D eigenvalue weighted by Crippen LogP contribution is -2.18. The van der Waals surface area contributed by atoms with Gasteiger partial charge in [-0.3, -0.25) is 4.79 Å². The van der Waals surface area contributed by atoms with Gasteiger partial charge >= 0.3 is 0 Å². The van der Waals surface area contributed by atoms with Gasteiger partial charge in [0.05, 0.1) is 14.2 Å². The summed E-state index contributed by atoms with van der Waals surface area (Å²) in [5.41, 5.74) is 4.27. The number of hydrogen-bond acceptors (Lipinski definition) is 4. The van der Waals surface area contributed by atoms with E-state index in [1.165, 1.54) is 18.5 Å². The molecule has 0 atom stereocenters. The number of benzene rings is 2. The van der Waals surface area contributed by atoms with E-state index in [-0.39, 0.29) is 5.91 Å². The molecule has 5 heteroatoms. The zero-order valence-electron chi connectivity index (χ0n) is 16.4. The molecular weight excluding hydrogens is 340 g/mol. The quantitative estimate of drug-likeness (QED) is 0.796. The van der Waals surface area contributed by atoms with Crippen LogP contribution in [0, 0.1) is 6.92 Å². The fourth-order valence-corrected chi connectivity index (χ4v) is 3.47. The van der Waals surface area contributed by atoms with Crippen molar-refractivity contribution in [3.05, 3.63) is 47.5 Å². The van der Waals surface area contributed by atoms with Gasteiger partial charge in [0.1, 0.15) is 0 Å². The van der Waals surface area contributed by atoms with Gasteiger partial charge in [0.25, 0.3) is 0 Å². The molecule has 1 saturated heterocycles. The number of nitrogens with one attached hydrogen (secondary N) is 1. The smallest absolute Gasteiger partial charge is 0.224 e. The Labute approximate surface area is 161 Å². The van der Waals surface area contributed by atoms with Gasteiger partial charge in [-0.2, -0.15) is 0 Å². The summed E-state index contributed by atoms with van der Waals surface area (Å²) in [5.74, 6) is 1.39. The maximum Gasteiger partial charge on any atom is 0.224 e. The van der Waals surface area contributed by atoms with Gasteiger partial charge in [0.2, 0.25) is 5.91 Å². The van der Waals surface area contributed by atoms with Crippen molar-refractivity contribution in [2.75, 3.05) is 37.5 Å². The van der Waals surface area contributed by atoms with Crippen molar-refractivity contribution in [3.8, 4) is 11.5 Å². The van der Waals surface area contributed by atoms with Crippen LogP contribution >= 0.6 is 0 Å². The predicted octanol–water partition coefficient (Wildman–Crippen LogP) is 4.18. The highest BCUT2D eigenvalue weighted by molar-refractivity contribution is 5.91. The molecule has 5 nitrogen and oxygen atoms in total. The summed E-state index contributed by atoms with van der Waals surface area (Å²) in [7, 11) is 3.23. The molecule has 0 saturated carbocycles. The number of anilines is 2. The van der Waals surface area contributed by atoms with Gasteiger partial charge in [0.15, 0.2) is 11.5 Å². The molecule has 3 rings (SSSR count). The van der Waals surface area contributed by atoms with Crippen molar-refractivity contribution in [1.29, 1.82) is 0 Å². The van der Waals surface area contributed by atoms with E-state index in [1.54, 1.807) is 14.2 Å². The SMILES string of the molecule is COc1ccc(CCC(=O)Nc2ccc(N3CCCC3)cc2C)cc1OC. The number of amides is 1. The molecule has 0 spiro atoms. The monoisotopic (exact) mass is 368 g/mol. The third-order valence-electron chi connectivity index (χ3n) is 5.04. The lowest BCUT2D eigenvalue weighted by atomic mass is 10.1. The Morgan fingerprint density at radius 2 is 1.78 bits per heavy atom. The largest absolute Gasteiger partial charge is 0.493 e. The molecule has 1 aliphatic rings. The minimum atomic E-state index is 0.0156. The van der Waals surface area contributed by atoms with Crippen LogP contribution < -0.4 is 19.7 Å². The lowest BCUT2D eigenvalue weighted by molar-refractivity contribution is -0.116. The third kappa shape index (κ3) is 4.73. The van der Waals surface area contributed by atoms with E-state index in [1.807, 2.05) is 31.2 Å². The summed E-state index contributed by atoms with van der Waals surface area (Å²) < 4.78 is 10.6. The van der Waals surface area contributed by atoms with Crippen LogP contribution in [-0.2, 0) is 11.2 Å². The number of aryl methyl sites for hydroxylation is 2. The predicted molar refractivity (Wildman–Crippen MR) is 109 cm³/mol. The molecule has 1 amide bonds. The van der Waals surface area contributed by atoms with Crippen LogP contribution in [0.15, 0.2) is 36.4 Å². The fourth-order valence-electron chi connectivity index (χ4n) is 3.47. The topological polar surface area (TPSA) is 50.8 Å². The fraction of sp³-hybridized carbons (Fsp3) is 0.409. The molecular formula is C22H28N2O3. The number of hydrogen-bond donors (Lipinski definition) is 1. The number of ether oxygens (including phenoxy) is 2. The Bertz CT molecular complexity index is 798. The molecule has 27 heavy (non-hydrogen) atoms. The Morgan fingerprint density at radius 3 is 2.44 bits per heavy atom. The van der Waals surface area contributed by atoms with Crippen LogP contribution in [0.2, 0.25) is 0 Å². The molecule has 2 aromatic carbocycles. The second-order valence-corrected chi connectivity index (χ2v) is 6.93. The summed E-state index contributed by atoms with van der Waals surface area (Å²) in [6.45, 7) is 4.29. The molecule has 1 heterocycles. The zero-order chi connectivity index (χ0) is 19.2. The van der Waals surface area contributed by atoms with Crippen molar-refractivity contribution in [2.24, 2.45) is 0 Å². The summed E-state index contributed by atoms with van der Waals surface area (Å²) in [6.07, 6.45) is 3.58. The highest BCUT2D eigenvalue weighted by Gasteiger charge is 2.14. The van der Waals surface area contributed by atoms with E-state index in [9.17, 15) is 4.79 Å². The van der Waals surface area contributed by atoms with Crippen LogP contribution in [0.25, 0.3) is 0 Å². The summed E-state index contributed by atoms with van der Waals surface area (Å²) in [5, 5.41) is 3.04. The van der Waals surface area contributed by atoms with Crippen molar-refractivity contribution in [2.45, 2.75) is 32.6 Å². The van der Waals surface area contributed by atoms with Gasteiger partial charge in [-0.1, -0.05) is 6.07 Å². The average molecular weight is 368 g/mol. The first-order chi connectivity index (χ1) is 13.1. The second-order valence-electron chi connectivity index (χ2n) is 6.93. The average Bonchev–Trinajstić information content (AvgIpc) is 3.22. The molecule has 0 unspecified atom stereocenters. The van der Waals surface area contributed by atoms with E-state index in [0.29, 0.717) is 24.3 Å². The van der Waals surface area contributed by atoms with Gasteiger partial charge in [-0.25, -0.2) is 0 Å². The molecule has 2 aromatic rings. The molecule has 0 radical (unpaired) electrons.